The standard InChI is InChI=1S/C11H12ClN5OS2/c1-6(19-11-17-16-10(13-2)20-11)9(18)15-7-4-3-5-14-8(7)12/h3-6H,1-2H3,(H,13,16)(H,15,18)/t6-/m0/s1. The van der Waals surface area contributed by atoms with Crippen molar-refractivity contribution in [1.29, 1.82) is 0 Å². The first kappa shape index (κ1) is 15.0. The fourth-order valence-electron chi connectivity index (χ4n) is 1.28. The van der Waals surface area contributed by atoms with Gasteiger partial charge in [-0.25, -0.2) is 4.98 Å². The van der Waals surface area contributed by atoms with Crippen LogP contribution in [-0.2, 0) is 4.79 Å². The van der Waals surface area contributed by atoms with Crippen LogP contribution in [-0.4, -0.2) is 33.4 Å². The molecular weight excluding hydrogens is 318 g/mol. The Labute approximate surface area is 129 Å². The van der Waals surface area contributed by atoms with Gasteiger partial charge in [-0.3, -0.25) is 4.79 Å². The number of hydrogen-bond donors (Lipinski definition) is 2. The minimum absolute atomic E-state index is 0.161. The molecule has 2 heterocycles. The lowest BCUT2D eigenvalue weighted by Crippen LogP contribution is -2.22. The third kappa shape index (κ3) is 3.81. The quantitative estimate of drug-likeness (QED) is 0.648. The van der Waals surface area contributed by atoms with Crippen LogP contribution in [0.4, 0.5) is 10.8 Å². The lowest BCUT2D eigenvalue weighted by atomic mass is 10.4. The summed E-state index contributed by atoms with van der Waals surface area (Å²) in [6, 6.07) is 3.41. The van der Waals surface area contributed by atoms with Gasteiger partial charge in [-0.2, -0.15) is 0 Å². The average molecular weight is 330 g/mol. The number of nitrogens with one attached hydrogen (secondary N) is 2. The van der Waals surface area contributed by atoms with E-state index in [9.17, 15) is 4.79 Å². The summed E-state index contributed by atoms with van der Waals surface area (Å²) < 4.78 is 0.731. The lowest BCUT2D eigenvalue weighted by molar-refractivity contribution is -0.115. The molecule has 0 radical (unpaired) electrons. The normalized spacial score (nSPS) is 11.9. The topological polar surface area (TPSA) is 79.8 Å². The van der Waals surface area contributed by atoms with E-state index in [1.54, 1.807) is 32.3 Å². The third-order valence-electron chi connectivity index (χ3n) is 2.28. The maximum absolute atomic E-state index is 12.1. The minimum atomic E-state index is -0.316. The smallest absolute Gasteiger partial charge is 0.237 e. The first-order chi connectivity index (χ1) is 9.60. The Morgan fingerprint density at radius 3 is 2.95 bits per heavy atom. The number of pyridine rings is 1. The van der Waals surface area contributed by atoms with Crippen molar-refractivity contribution in [3.63, 3.8) is 0 Å². The number of thioether (sulfide) groups is 1. The molecule has 2 aromatic rings. The van der Waals surface area contributed by atoms with Crippen LogP contribution in [0, 0.1) is 0 Å². The predicted octanol–water partition coefficient (Wildman–Crippen LogP) is 2.75. The van der Waals surface area contributed by atoms with E-state index in [0.29, 0.717) is 5.69 Å². The average Bonchev–Trinajstić information content (AvgIpc) is 2.89. The maximum atomic E-state index is 12.1. The fourth-order valence-corrected chi connectivity index (χ4v) is 3.29. The highest BCUT2D eigenvalue weighted by molar-refractivity contribution is 8.02. The highest BCUT2D eigenvalue weighted by Gasteiger charge is 2.18. The van der Waals surface area contributed by atoms with Gasteiger partial charge >= 0.3 is 0 Å². The lowest BCUT2D eigenvalue weighted by Gasteiger charge is -2.10. The molecule has 0 saturated carbocycles. The summed E-state index contributed by atoms with van der Waals surface area (Å²) in [6.07, 6.45) is 1.57. The Morgan fingerprint density at radius 2 is 2.30 bits per heavy atom. The second-order valence-corrected chi connectivity index (χ2v) is 6.64. The maximum Gasteiger partial charge on any atom is 0.237 e. The SMILES string of the molecule is CNc1nnc(S[C@@H](C)C(=O)Nc2cccnc2Cl)s1. The molecule has 0 bridgehead atoms. The molecule has 0 aliphatic rings. The number of halogens is 1. The van der Waals surface area contributed by atoms with Crippen LogP contribution >= 0.6 is 34.7 Å². The van der Waals surface area contributed by atoms with Crippen molar-refractivity contribution in [2.45, 2.75) is 16.5 Å². The molecule has 2 aromatic heterocycles. The van der Waals surface area contributed by atoms with E-state index in [4.69, 9.17) is 11.6 Å². The monoisotopic (exact) mass is 329 g/mol. The van der Waals surface area contributed by atoms with Crippen LogP contribution in [0.2, 0.25) is 5.15 Å². The zero-order valence-corrected chi connectivity index (χ0v) is 13.1. The zero-order chi connectivity index (χ0) is 14.5. The van der Waals surface area contributed by atoms with E-state index in [0.717, 1.165) is 9.47 Å². The van der Waals surface area contributed by atoms with Crippen LogP contribution in [0.3, 0.4) is 0 Å². The second kappa shape index (κ2) is 6.87. The van der Waals surface area contributed by atoms with Gasteiger partial charge in [0.05, 0.1) is 10.9 Å². The van der Waals surface area contributed by atoms with Gasteiger partial charge in [0, 0.05) is 13.2 Å². The van der Waals surface area contributed by atoms with Crippen molar-refractivity contribution < 1.29 is 4.79 Å². The van der Waals surface area contributed by atoms with Crippen molar-refractivity contribution in [2.75, 3.05) is 17.7 Å². The van der Waals surface area contributed by atoms with E-state index < -0.39 is 0 Å². The Hall–Kier alpha value is -1.38. The van der Waals surface area contributed by atoms with Gasteiger partial charge in [0.25, 0.3) is 0 Å². The molecule has 0 saturated heterocycles. The van der Waals surface area contributed by atoms with Gasteiger partial charge in [0.1, 0.15) is 0 Å². The number of anilines is 2. The van der Waals surface area contributed by atoms with Gasteiger partial charge in [-0.1, -0.05) is 34.7 Å². The molecule has 2 rings (SSSR count). The van der Waals surface area contributed by atoms with Crippen molar-refractivity contribution >= 4 is 51.4 Å². The molecule has 0 aliphatic heterocycles. The van der Waals surface area contributed by atoms with Gasteiger partial charge in [-0.05, 0) is 19.1 Å². The molecule has 0 spiro atoms. The molecule has 106 valence electrons. The van der Waals surface area contributed by atoms with Crippen molar-refractivity contribution in [3.05, 3.63) is 23.5 Å². The van der Waals surface area contributed by atoms with Crippen LogP contribution in [0.5, 0.6) is 0 Å². The molecule has 1 atom stereocenters. The van der Waals surface area contributed by atoms with E-state index in [-0.39, 0.29) is 16.3 Å². The summed E-state index contributed by atoms with van der Waals surface area (Å²) in [6.45, 7) is 1.80. The van der Waals surface area contributed by atoms with Crippen LogP contribution in [0.15, 0.2) is 22.7 Å². The molecule has 9 heteroatoms. The minimum Gasteiger partial charge on any atom is -0.363 e. The van der Waals surface area contributed by atoms with Crippen molar-refractivity contribution in [2.24, 2.45) is 0 Å². The largest absolute Gasteiger partial charge is 0.363 e. The van der Waals surface area contributed by atoms with Crippen LogP contribution < -0.4 is 10.6 Å². The Balaban J connectivity index is 1.97. The zero-order valence-electron chi connectivity index (χ0n) is 10.8. The van der Waals surface area contributed by atoms with E-state index in [1.165, 1.54) is 23.1 Å². The molecule has 0 fully saturated rings. The highest BCUT2D eigenvalue weighted by Crippen LogP contribution is 2.29. The van der Waals surface area contributed by atoms with E-state index in [2.05, 4.69) is 25.8 Å². The fraction of sp³-hybridized carbons (Fsp3) is 0.273. The van der Waals surface area contributed by atoms with E-state index in [1.807, 2.05) is 0 Å². The highest BCUT2D eigenvalue weighted by atomic mass is 35.5. The number of nitrogens with zero attached hydrogens (tertiary/aromatic N) is 3. The summed E-state index contributed by atoms with van der Waals surface area (Å²) in [5, 5.41) is 14.2. The van der Waals surface area contributed by atoms with Crippen LogP contribution in [0.1, 0.15) is 6.92 Å². The number of rotatable bonds is 5. The number of carbonyl (C=O) groups is 1. The first-order valence-electron chi connectivity index (χ1n) is 5.69. The summed E-state index contributed by atoms with van der Waals surface area (Å²) in [5.74, 6) is -0.161. The number of carbonyl (C=O) groups excluding carboxylic acids is 1. The molecule has 1 amide bonds. The molecular formula is C11H12ClN5OS2. The molecule has 0 unspecified atom stereocenters. The Kier molecular flexibility index (Phi) is 5.16. The number of aromatic nitrogens is 3. The Morgan fingerprint density at radius 1 is 1.50 bits per heavy atom. The van der Waals surface area contributed by atoms with E-state index >= 15 is 0 Å². The molecule has 0 aliphatic carbocycles. The number of amides is 1. The second-order valence-electron chi connectivity index (χ2n) is 3.71. The van der Waals surface area contributed by atoms with Crippen LogP contribution in [0.25, 0.3) is 0 Å². The van der Waals surface area contributed by atoms with Crippen molar-refractivity contribution in [1.82, 2.24) is 15.2 Å². The third-order valence-corrected chi connectivity index (χ3v) is 4.71. The summed E-state index contributed by atoms with van der Waals surface area (Å²) in [5.41, 5.74) is 0.500. The summed E-state index contributed by atoms with van der Waals surface area (Å²) in [7, 11) is 1.77. The summed E-state index contributed by atoms with van der Waals surface area (Å²) >= 11 is 8.64. The molecule has 6 nitrogen and oxygen atoms in total. The molecule has 20 heavy (non-hydrogen) atoms. The predicted molar refractivity (Wildman–Crippen MR) is 82.7 cm³/mol. The van der Waals surface area contributed by atoms with Crippen molar-refractivity contribution in [3.8, 4) is 0 Å². The van der Waals surface area contributed by atoms with Gasteiger partial charge in [0.2, 0.25) is 11.0 Å². The summed E-state index contributed by atoms with van der Waals surface area (Å²) in [4.78, 5) is 16.0. The number of hydrogen-bond acceptors (Lipinski definition) is 7. The van der Waals surface area contributed by atoms with Gasteiger partial charge in [0.15, 0.2) is 9.49 Å². The Bertz CT molecular complexity index is 606. The van der Waals surface area contributed by atoms with Gasteiger partial charge < -0.3 is 10.6 Å². The molecule has 2 N–H and O–H groups in total. The van der Waals surface area contributed by atoms with Gasteiger partial charge in [-0.15, -0.1) is 10.2 Å². The molecule has 0 aromatic carbocycles. The first-order valence-corrected chi connectivity index (χ1v) is 7.77.